The molecule has 2 aromatic rings. The van der Waals surface area contributed by atoms with Crippen molar-refractivity contribution in [1.29, 1.82) is 0 Å². The van der Waals surface area contributed by atoms with Crippen LogP contribution in [0.1, 0.15) is 28.6 Å². The van der Waals surface area contributed by atoms with E-state index in [-0.39, 0.29) is 11.3 Å². The van der Waals surface area contributed by atoms with Crippen LogP contribution < -0.4 is 0 Å². The summed E-state index contributed by atoms with van der Waals surface area (Å²) in [5.74, 6) is -1.38. The van der Waals surface area contributed by atoms with Gasteiger partial charge in [-0.05, 0) is 44.8 Å². The molecule has 2 heterocycles. The van der Waals surface area contributed by atoms with E-state index >= 15 is 0 Å². The Balaban J connectivity index is 1.97. The average Bonchev–Trinajstić information content (AvgIpc) is 3.24. The van der Waals surface area contributed by atoms with Crippen molar-refractivity contribution in [3.63, 3.8) is 0 Å². The first-order valence-electron chi connectivity index (χ1n) is 8.52. The molecule has 1 amide bonds. The predicted octanol–water partition coefficient (Wildman–Crippen LogP) is 2.81. The summed E-state index contributed by atoms with van der Waals surface area (Å²) in [5, 5.41) is 10.5. The van der Waals surface area contributed by atoms with E-state index in [1.807, 2.05) is 49.3 Å². The number of carbonyl (C=O) groups excluding carboxylic acids is 2. The minimum atomic E-state index is -0.622. The highest BCUT2D eigenvalue weighted by atomic mass is 16.3. The Hall–Kier alpha value is -2.86. The normalized spacial score (nSPS) is 17.4. The van der Waals surface area contributed by atoms with Gasteiger partial charge in [-0.15, -0.1) is 0 Å². The van der Waals surface area contributed by atoms with Gasteiger partial charge in [0.15, 0.2) is 11.5 Å². The van der Waals surface area contributed by atoms with E-state index in [9.17, 15) is 14.7 Å². The highest BCUT2D eigenvalue weighted by molar-refractivity contribution is 6.14. The summed E-state index contributed by atoms with van der Waals surface area (Å²) >= 11 is 0. The fourth-order valence-electron chi connectivity index (χ4n) is 3.20. The molecule has 0 radical (unpaired) electrons. The minimum Gasteiger partial charge on any atom is -0.503 e. The molecule has 0 unspecified atom stereocenters. The lowest BCUT2D eigenvalue weighted by Gasteiger charge is -2.27. The molecule has 1 aromatic carbocycles. The van der Waals surface area contributed by atoms with Crippen LogP contribution >= 0.6 is 0 Å². The van der Waals surface area contributed by atoms with Crippen molar-refractivity contribution in [2.24, 2.45) is 0 Å². The first-order chi connectivity index (χ1) is 12.5. The van der Waals surface area contributed by atoms with Crippen molar-refractivity contribution in [2.45, 2.75) is 12.5 Å². The number of aliphatic hydroxyl groups is 1. The van der Waals surface area contributed by atoms with Gasteiger partial charge in [-0.3, -0.25) is 9.59 Å². The van der Waals surface area contributed by atoms with Gasteiger partial charge in [0.05, 0.1) is 17.9 Å². The summed E-state index contributed by atoms with van der Waals surface area (Å²) in [5.41, 5.74) is 0.852. The Morgan fingerprint density at radius 2 is 1.92 bits per heavy atom. The van der Waals surface area contributed by atoms with Crippen molar-refractivity contribution < 1.29 is 19.1 Å². The van der Waals surface area contributed by atoms with E-state index in [1.165, 1.54) is 12.3 Å². The van der Waals surface area contributed by atoms with Gasteiger partial charge >= 0.3 is 0 Å². The third-order valence-corrected chi connectivity index (χ3v) is 4.41. The van der Waals surface area contributed by atoms with Crippen LogP contribution in [-0.2, 0) is 4.79 Å². The van der Waals surface area contributed by atoms with Crippen LogP contribution in [0.3, 0.4) is 0 Å². The van der Waals surface area contributed by atoms with Crippen molar-refractivity contribution in [2.75, 3.05) is 27.2 Å². The Kier molecular flexibility index (Phi) is 5.23. The number of ketones is 1. The van der Waals surface area contributed by atoms with E-state index in [0.717, 1.165) is 18.5 Å². The average molecular weight is 354 g/mol. The summed E-state index contributed by atoms with van der Waals surface area (Å²) in [6.07, 6.45) is 2.13. The number of hydrogen-bond donors (Lipinski definition) is 1. The smallest absolute Gasteiger partial charge is 0.290 e. The third kappa shape index (κ3) is 3.41. The van der Waals surface area contributed by atoms with Gasteiger partial charge in [0.25, 0.3) is 5.91 Å². The number of nitrogens with zero attached hydrogens (tertiary/aromatic N) is 2. The van der Waals surface area contributed by atoms with Gasteiger partial charge in [-0.25, -0.2) is 0 Å². The molecule has 1 atom stereocenters. The fourth-order valence-corrected chi connectivity index (χ4v) is 3.20. The van der Waals surface area contributed by atoms with Crippen LogP contribution in [-0.4, -0.2) is 53.8 Å². The predicted molar refractivity (Wildman–Crippen MR) is 96.8 cm³/mol. The molecule has 136 valence electrons. The van der Waals surface area contributed by atoms with Gasteiger partial charge in [0, 0.05) is 6.54 Å². The fraction of sp³-hybridized carbons (Fsp3) is 0.300. The third-order valence-electron chi connectivity index (χ3n) is 4.41. The Morgan fingerprint density at radius 1 is 1.19 bits per heavy atom. The number of furan rings is 1. The largest absolute Gasteiger partial charge is 0.503 e. The minimum absolute atomic E-state index is 0.0704. The van der Waals surface area contributed by atoms with Crippen molar-refractivity contribution in [1.82, 2.24) is 9.80 Å². The lowest BCUT2D eigenvalue weighted by Crippen LogP contribution is -2.33. The van der Waals surface area contributed by atoms with E-state index in [0.29, 0.717) is 6.54 Å². The number of rotatable bonds is 7. The molecular weight excluding hydrogens is 332 g/mol. The SMILES string of the molecule is CN(C)CCCN1C(=O)C(O)=C(C(=O)c2ccco2)[C@@H]1c1ccccc1. The number of carbonyl (C=O) groups is 2. The zero-order valence-corrected chi connectivity index (χ0v) is 14.9. The zero-order valence-electron chi connectivity index (χ0n) is 14.9. The molecule has 0 bridgehead atoms. The molecule has 1 aliphatic rings. The lowest BCUT2D eigenvalue weighted by molar-refractivity contribution is -0.129. The maximum atomic E-state index is 12.9. The molecule has 3 rings (SSSR count). The van der Waals surface area contributed by atoms with Crippen molar-refractivity contribution >= 4 is 11.7 Å². The van der Waals surface area contributed by atoms with Crippen LogP contribution in [0.4, 0.5) is 0 Å². The van der Waals surface area contributed by atoms with E-state index in [4.69, 9.17) is 4.42 Å². The van der Waals surface area contributed by atoms with Gasteiger partial charge in [0.1, 0.15) is 0 Å². The molecule has 0 saturated carbocycles. The molecule has 0 fully saturated rings. The number of hydrogen-bond acceptors (Lipinski definition) is 5. The summed E-state index contributed by atoms with van der Waals surface area (Å²) < 4.78 is 5.19. The number of amides is 1. The summed E-state index contributed by atoms with van der Waals surface area (Å²) in [6, 6.07) is 11.8. The Bertz CT molecular complexity index is 810. The van der Waals surface area contributed by atoms with E-state index < -0.39 is 23.5 Å². The molecule has 1 aromatic heterocycles. The quantitative estimate of drug-likeness (QED) is 0.774. The zero-order chi connectivity index (χ0) is 18.7. The summed E-state index contributed by atoms with van der Waals surface area (Å²) in [6.45, 7) is 1.24. The molecular formula is C20H22N2O4. The monoisotopic (exact) mass is 354 g/mol. The highest BCUT2D eigenvalue weighted by Gasteiger charge is 2.44. The molecule has 6 nitrogen and oxygen atoms in total. The summed E-state index contributed by atoms with van der Waals surface area (Å²) in [4.78, 5) is 29.1. The first kappa shape index (κ1) is 17.9. The molecule has 1 N–H and O–H groups in total. The molecule has 0 aliphatic carbocycles. The molecule has 1 aliphatic heterocycles. The molecule has 0 spiro atoms. The van der Waals surface area contributed by atoms with Crippen LogP contribution in [0.15, 0.2) is 64.5 Å². The maximum absolute atomic E-state index is 12.9. The van der Waals surface area contributed by atoms with Crippen LogP contribution in [0, 0.1) is 0 Å². The highest BCUT2D eigenvalue weighted by Crippen LogP contribution is 2.38. The van der Waals surface area contributed by atoms with Crippen LogP contribution in [0.2, 0.25) is 0 Å². The second-order valence-corrected chi connectivity index (χ2v) is 6.54. The van der Waals surface area contributed by atoms with Gasteiger partial charge in [-0.2, -0.15) is 0 Å². The van der Waals surface area contributed by atoms with Crippen LogP contribution in [0.25, 0.3) is 0 Å². The molecule has 0 saturated heterocycles. The van der Waals surface area contributed by atoms with E-state index in [1.54, 1.807) is 11.0 Å². The second-order valence-electron chi connectivity index (χ2n) is 6.54. The Morgan fingerprint density at radius 3 is 2.54 bits per heavy atom. The van der Waals surface area contributed by atoms with Crippen molar-refractivity contribution in [3.8, 4) is 0 Å². The molecule has 6 heteroatoms. The topological polar surface area (TPSA) is 74.0 Å². The standard InChI is InChI=1S/C20H22N2O4/c1-21(2)11-7-12-22-17(14-8-4-3-5-9-14)16(19(24)20(22)25)18(23)15-10-6-13-26-15/h3-6,8-10,13,17,24H,7,11-12H2,1-2H3/t17-/m0/s1. The maximum Gasteiger partial charge on any atom is 0.290 e. The number of benzene rings is 1. The Labute approximate surface area is 152 Å². The lowest BCUT2D eigenvalue weighted by atomic mass is 9.95. The van der Waals surface area contributed by atoms with Crippen molar-refractivity contribution in [3.05, 3.63) is 71.4 Å². The first-order valence-corrected chi connectivity index (χ1v) is 8.52. The molecule has 26 heavy (non-hydrogen) atoms. The summed E-state index contributed by atoms with van der Waals surface area (Å²) in [7, 11) is 3.92. The van der Waals surface area contributed by atoms with Crippen LogP contribution in [0.5, 0.6) is 0 Å². The second kappa shape index (κ2) is 7.58. The van der Waals surface area contributed by atoms with Gasteiger partial charge in [0.2, 0.25) is 5.78 Å². The van der Waals surface area contributed by atoms with Gasteiger partial charge in [-0.1, -0.05) is 30.3 Å². The number of Topliss-reactive ketones (excluding diaryl/α,β-unsaturated/α-hetero) is 1. The van der Waals surface area contributed by atoms with E-state index in [2.05, 4.69) is 0 Å². The number of aliphatic hydroxyl groups excluding tert-OH is 1. The van der Waals surface area contributed by atoms with Gasteiger partial charge < -0.3 is 19.3 Å².